The Morgan fingerprint density at radius 1 is 1.29 bits per heavy atom. The second kappa shape index (κ2) is 3.46. The highest BCUT2D eigenvalue weighted by atomic mass is 35.5. The molecule has 2 nitrogen and oxygen atoms in total. The summed E-state index contributed by atoms with van der Waals surface area (Å²) in [7, 11) is 1.93. The first-order valence-corrected chi connectivity index (χ1v) is 5.02. The lowest BCUT2D eigenvalue weighted by Crippen LogP contribution is -1.94. The molecule has 2 N–H and O–H groups in total. The van der Waals surface area contributed by atoms with Gasteiger partial charge in [-0.15, -0.1) is 0 Å². The van der Waals surface area contributed by atoms with Crippen molar-refractivity contribution in [1.29, 1.82) is 0 Å². The standard InChI is InChI=1S/C10H10Cl2N2/c1-14-5-6(4-13)9-7(11)2-3-8(12)10(9)14/h2-3,5H,4,13H2,1H3. The van der Waals surface area contributed by atoms with Crippen molar-refractivity contribution >= 4 is 34.1 Å². The van der Waals surface area contributed by atoms with Crippen LogP contribution in [-0.2, 0) is 13.6 Å². The van der Waals surface area contributed by atoms with Crippen LogP contribution in [0.1, 0.15) is 5.56 Å². The molecule has 0 saturated heterocycles. The average Bonchev–Trinajstić information content (AvgIpc) is 2.50. The molecule has 0 saturated carbocycles. The molecule has 0 aliphatic heterocycles. The molecule has 0 aliphatic rings. The molecule has 14 heavy (non-hydrogen) atoms. The number of benzene rings is 1. The molecule has 1 aromatic carbocycles. The van der Waals surface area contributed by atoms with Crippen molar-refractivity contribution in [1.82, 2.24) is 4.57 Å². The van der Waals surface area contributed by atoms with E-state index >= 15 is 0 Å². The Morgan fingerprint density at radius 2 is 1.93 bits per heavy atom. The Hall–Kier alpha value is -0.700. The fourth-order valence-corrected chi connectivity index (χ4v) is 2.27. The van der Waals surface area contributed by atoms with Crippen LogP contribution in [-0.4, -0.2) is 4.57 Å². The number of nitrogens with zero attached hydrogens (tertiary/aromatic N) is 1. The lowest BCUT2D eigenvalue weighted by molar-refractivity contribution is 0.949. The Morgan fingerprint density at radius 3 is 2.57 bits per heavy atom. The van der Waals surface area contributed by atoms with Gasteiger partial charge in [0.25, 0.3) is 0 Å². The van der Waals surface area contributed by atoms with Gasteiger partial charge in [-0.2, -0.15) is 0 Å². The third kappa shape index (κ3) is 1.31. The summed E-state index contributed by atoms with van der Waals surface area (Å²) in [6.07, 6.45) is 1.96. The van der Waals surface area contributed by atoms with Crippen LogP contribution in [0.25, 0.3) is 10.9 Å². The zero-order chi connectivity index (χ0) is 10.3. The van der Waals surface area contributed by atoms with Crippen molar-refractivity contribution in [3.63, 3.8) is 0 Å². The van der Waals surface area contributed by atoms with Crippen molar-refractivity contribution < 1.29 is 0 Å². The van der Waals surface area contributed by atoms with E-state index in [0.717, 1.165) is 16.5 Å². The molecule has 0 spiro atoms. The minimum absolute atomic E-state index is 0.470. The maximum atomic E-state index is 6.10. The quantitative estimate of drug-likeness (QED) is 0.800. The minimum Gasteiger partial charge on any atom is -0.349 e. The van der Waals surface area contributed by atoms with Crippen LogP contribution in [0.4, 0.5) is 0 Å². The predicted octanol–water partition coefficient (Wildman–Crippen LogP) is 2.94. The molecule has 0 unspecified atom stereocenters. The summed E-state index contributed by atoms with van der Waals surface area (Å²) in [6.45, 7) is 0.470. The summed E-state index contributed by atoms with van der Waals surface area (Å²) in [6, 6.07) is 3.60. The topological polar surface area (TPSA) is 30.9 Å². The molecule has 2 rings (SSSR count). The average molecular weight is 229 g/mol. The Labute approximate surface area is 92.2 Å². The highest BCUT2D eigenvalue weighted by Gasteiger charge is 2.11. The maximum absolute atomic E-state index is 6.10. The summed E-state index contributed by atoms with van der Waals surface area (Å²) < 4.78 is 1.95. The summed E-state index contributed by atoms with van der Waals surface area (Å²) in [5, 5.41) is 2.36. The lowest BCUT2D eigenvalue weighted by atomic mass is 10.2. The minimum atomic E-state index is 0.470. The molecule has 1 aromatic heterocycles. The van der Waals surface area contributed by atoms with Gasteiger partial charge in [-0.1, -0.05) is 23.2 Å². The first kappa shape index (κ1) is 9.84. The largest absolute Gasteiger partial charge is 0.349 e. The molecule has 0 bridgehead atoms. The van der Waals surface area contributed by atoms with Gasteiger partial charge < -0.3 is 10.3 Å². The van der Waals surface area contributed by atoms with Crippen molar-refractivity contribution in [2.75, 3.05) is 0 Å². The number of halogens is 2. The monoisotopic (exact) mass is 228 g/mol. The molecule has 0 fully saturated rings. The van der Waals surface area contributed by atoms with Gasteiger partial charge in [-0.05, 0) is 17.7 Å². The van der Waals surface area contributed by atoms with E-state index in [1.807, 2.05) is 17.8 Å². The SMILES string of the molecule is Cn1cc(CN)c2c(Cl)ccc(Cl)c21. The molecule has 4 heteroatoms. The van der Waals surface area contributed by atoms with Crippen molar-refractivity contribution in [3.05, 3.63) is 33.9 Å². The number of aromatic nitrogens is 1. The lowest BCUT2D eigenvalue weighted by Gasteiger charge is -2.01. The smallest absolute Gasteiger partial charge is 0.0685 e. The van der Waals surface area contributed by atoms with Gasteiger partial charge in [-0.3, -0.25) is 0 Å². The highest BCUT2D eigenvalue weighted by Crippen LogP contribution is 2.33. The van der Waals surface area contributed by atoms with Gasteiger partial charge in [0.05, 0.1) is 15.6 Å². The summed E-state index contributed by atoms with van der Waals surface area (Å²) >= 11 is 12.2. The van der Waals surface area contributed by atoms with Gasteiger partial charge in [0.1, 0.15) is 0 Å². The predicted molar refractivity (Wildman–Crippen MR) is 60.8 cm³/mol. The fourth-order valence-electron chi connectivity index (χ4n) is 1.71. The zero-order valence-corrected chi connectivity index (χ0v) is 9.23. The van der Waals surface area contributed by atoms with Gasteiger partial charge in [0, 0.05) is 25.2 Å². The van der Waals surface area contributed by atoms with E-state index < -0.39 is 0 Å². The molecule has 0 amide bonds. The molecule has 74 valence electrons. The number of aryl methyl sites for hydroxylation is 1. The first-order valence-electron chi connectivity index (χ1n) is 4.27. The molecular formula is C10H10Cl2N2. The molecule has 1 heterocycles. The zero-order valence-electron chi connectivity index (χ0n) is 7.72. The van der Waals surface area contributed by atoms with Gasteiger partial charge in [0.15, 0.2) is 0 Å². The van der Waals surface area contributed by atoms with E-state index in [9.17, 15) is 0 Å². The van der Waals surface area contributed by atoms with E-state index in [1.54, 1.807) is 12.1 Å². The number of hydrogen-bond acceptors (Lipinski definition) is 1. The fraction of sp³-hybridized carbons (Fsp3) is 0.200. The van der Waals surface area contributed by atoms with Crippen LogP contribution in [0.2, 0.25) is 10.0 Å². The molecule has 0 aliphatic carbocycles. The normalized spacial score (nSPS) is 11.1. The van der Waals surface area contributed by atoms with Gasteiger partial charge >= 0.3 is 0 Å². The van der Waals surface area contributed by atoms with E-state index in [0.29, 0.717) is 16.6 Å². The van der Waals surface area contributed by atoms with Crippen LogP contribution in [0.3, 0.4) is 0 Å². The number of hydrogen-bond donors (Lipinski definition) is 1. The summed E-state index contributed by atoms with van der Waals surface area (Å²) in [5.74, 6) is 0. The van der Waals surface area contributed by atoms with E-state index in [-0.39, 0.29) is 0 Å². The van der Waals surface area contributed by atoms with Crippen LogP contribution in [0.15, 0.2) is 18.3 Å². The Balaban J connectivity index is 2.94. The van der Waals surface area contributed by atoms with Gasteiger partial charge in [0.2, 0.25) is 0 Å². The second-order valence-corrected chi connectivity index (χ2v) is 4.04. The molecular weight excluding hydrogens is 219 g/mol. The third-order valence-electron chi connectivity index (χ3n) is 2.32. The second-order valence-electron chi connectivity index (χ2n) is 3.22. The van der Waals surface area contributed by atoms with Crippen LogP contribution >= 0.6 is 23.2 Å². The van der Waals surface area contributed by atoms with Crippen molar-refractivity contribution in [2.45, 2.75) is 6.54 Å². The van der Waals surface area contributed by atoms with Gasteiger partial charge in [-0.25, -0.2) is 0 Å². The Kier molecular flexibility index (Phi) is 2.43. The third-order valence-corrected chi connectivity index (χ3v) is 2.94. The first-order chi connectivity index (χ1) is 6.65. The molecule has 2 aromatic rings. The summed E-state index contributed by atoms with van der Waals surface area (Å²) in [4.78, 5) is 0. The van der Waals surface area contributed by atoms with E-state index in [2.05, 4.69) is 0 Å². The van der Waals surface area contributed by atoms with Crippen LogP contribution in [0.5, 0.6) is 0 Å². The Bertz CT molecular complexity index is 488. The maximum Gasteiger partial charge on any atom is 0.0685 e. The summed E-state index contributed by atoms with van der Waals surface area (Å²) in [5.41, 5.74) is 7.60. The van der Waals surface area contributed by atoms with E-state index in [1.165, 1.54) is 0 Å². The number of rotatable bonds is 1. The number of fused-ring (bicyclic) bond motifs is 1. The van der Waals surface area contributed by atoms with Crippen LogP contribution < -0.4 is 5.73 Å². The molecule has 0 atom stereocenters. The highest BCUT2D eigenvalue weighted by molar-refractivity contribution is 6.40. The van der Waals surface area contributed by atoms with Crippen molar-refractivity contribution in [2.24, 2.45) is 12.8 Å². The number of nitrogens with two attached hydrogens (primary N) is 1. The van der Waals surface area contributed by atoms with Crippen LogP contribution in [0, 0.1) is 0 Å². The van der Waals surface area contributed by atoms with Crippen molar-refractivity contribution in [3.8, 4) is 0 Å². The molecule has 0 radical (unpaired) electrons. The van der Waals surface area contributed by atoms with E-state index in [4.69, 9.17) is 28.9 Å².